The first kappa shape index (κ1) is 16.1. The normalized spacial score (nSPS) is 11.9. The monoisotopic (exact) mass is 230 g/mol. The number of alkyl halides is 3. The van der Waals surface area contributed by atoms with Gasteiger partial charge in [0.2, 0.25) is 0 Å². The third-order valence-corrected chi connectivity index (χ3v) is 2.29. The van der Waals surface area contributed by atoms with E-state index in [-0.39, 0.29) is 0 Å². The van der Waals surface area contributed by atoms with E-state index >= 15 is 0 Å². The van der Waals surface area contributed by atoms with E-state index in [1.54, 1.807) is 0 Å². The zero-order valence-corrected chi connectivity index (χ0v) is 10.2. The Balaban J connectivity index is 0. The van der Waals surface area contributed by atoms with Crippen molar-refractivity contribution in [3.63, 3.8) is 0 Å². The average Bonchev–Trinajstić information content (AvgIpc) is 1.85. The van der Waals surface area contributed by atoms with Crippen LogP contribution in [-0.2, 0) is 10.1 Å². The van der Waals surface area contributed by atoms with E-state index in [1.165, 1.54) is 44.4 Å². The molecule has 0 saturated heterocycles. The molecule has 1 N–H and O–H groups in total. The molecular weight excluding hydrogens is 220 g/mol. The Labute approximate surface area is 92.9 Å². The van der Waals surface area contributed by atoms with E-state index in [9.17, 15) is 13.2 Å². The third kappa shape index (κ3) is 10.6. The summed E-state index contributed by atoms with van der Waals surface area (Å²) >= 11 is 1.40. The van der Waals surface area contributed by atoms with Crippen LogP contribution < -0.4 is 0 Å². The summed E-state index contributed by atoms with van der Waals surface area (Å²) in [7, 11) is -5.84. The molecule has 0 aliphatic carbocycles. The molecule has 0 heterocycles. The van der Waals surface area contributed by atoms with Crippen molar-refractivity contribution in [2.24, 2.45) is 0 Å². The first-order chi connectivity index (χ1) is 5.66. The SMILES string of the molecule is CCC[CH2][Na].O=S(=O)(O)C(F)(F)F. The van der Waals surface area contributed by atoms with Gasteiger partial charge in [0.1, 0.15) is 0 Å². The minimum atomic E-state index is -5.84. The van der Waals surface area contributed by atoms with Crippen LogP contribution in [0.4, 0.5) is 13.2 Å². The molecule has 8 heteroatoms. The fraction of sp³-hybridized carbons (Fsp3) is 1.00. The number of unbranched alkanes of at least 4 members (excludes halogenated alkanes) is 1. The topological polar surface area (TPSA) is 54.4 Å². The maximum atomic E-state index is 10.7. The van der Waals surface area contributed by atoms with Gasteiger partial charge in [0.05, 0.1) is 0 Å². The summed E-state index contributed by atoms with van der Waals surface area (Å²) in [6.07, 6.45) is 2.83. The van der Waals surface area contributed by atoms with Crippen molar-refractivity contribution < 1.29 is 26.1 Å². The van der Waals surface area contributed by atoms with Gasteiger partial charge in [0.25, 0.3) is 0 Å². The van der Waals surface area contributed by atoms with Crippen LogP contribution in [0.25, 0.3) is 0 Å². The van der Waals surface area contributed by atoms with Crippen LogP contribution in [-0.4, -0.2) is 46.4 Å². The van der Waals surface area contributed by atoms with E-state index in [0.717, 1.165) is 0 Å². The standard InChI is InChI=1S/C4H9.CHF3O3S.Na/c1-3-4-2;2-1(3,4)8(5,6)7;/h1,3-4H2,2H3;(H,5,6,7);. The van der Waals surface area contributed by atoms with Gasteiger partial charge in [-0.25, -0.2) is 0 Å². The Morgan fingerprint density at radius 2 is 1.69 bits per heavy atom. The third-order valence-electron chi connectivity index (χ3n) is 1.000. The van der Waals surface area contributed by atoms with Gasteiger partial charge < -0.3 is 0 Å². The van der Waals surface area contributed by atoms with Crippen LogP contribution in [0.1, 0.15) is 19.8 Å². The average molecular weight is 230 g/mol. The summed E-state index contributed by atoms with van der Waals surface area (Å²) in [5, 5.41) is 0. The summed E-state index contributed by atoms with van der Waals surface area (Å²) < 4.78 is 59.0. The van der Waals surface area contributed by atoms with E-state index in [4.69, 9.17) is 13.0 Å². The summed E-state index contributed by atoms with van der Waals surface area (Å²) in [5.74, 6) is 0. The van der Waals surface area contributed by atoms with Gasteiger partial charge in [0, 0.05) is 0 Å². The molecule has 0 saturated carbocycles. The van der Waals surface area contributed by atoms with Crippen molar-refractivity contribution in [2.45, 2.75) is 28.9 Å². The van der Waals surface area contributed by atoms with E-state index in [0.29, 0.717) is 0 Å². The molecule has 3 nitrogen and oxygen atoms in total. The van der Waals surface area contributed by atoms with Crippen LogP contribution in [0.2, 0.25) is 3.67 Å². The number of rotatable bonds is 2. The van der Waals surface area contributed by atoms with Crippen molar-refractivity contribution in [1.82, 2.24) is 0 Å². The molecular formula is C5H10F3NaO3S. The Hall–Kier alpha value is 0.700. The van der Waals surface area contributed by atoms with Crippen LogP contribution in [0.15, 0.2) is 0 Å². The number of halogens is 3. The van der Waals surface area contributed by atoms with Crippen LogP contribution in [0, 0.1) is 0 Å². The fourth-order valence-corrected chi connectivity index (χ4v) is 1.06. The molecule has 0 aromatic carbocycles. The van der Waals surface area contributed by atoms with Gasteiger partial charge in [-0.3, -0.25) is 4.55 Å². The minimum absolute atomic E-state index is 1.38. The summed E-state index contributed by atoms with van der Waals surface area (Å²) in [4.78, 5) is 0. The number of hydrogen-bond donors (Lipinski definition) is 1. The van der Waals surface area contributed by atoms with Gasteiger partial charge in [-0.2, -0.15) is 21.6 Å². The number of hydrogen-bond acceptors (Lipinski definition) is 2. The summed E-state index contributed by atoms with van der Waals surface area (Å²) in [6, 6.07) is 0. The Morgan fingerprint density at radius 1 is 1.38 bits per heavy atom. The van der Waals surface area contributed by atoms with Crippen LogP contribution in [0.5, 0.6) is 0 Å². The molecule has 0 fully saturated rings. The molecule has 0 spiro atoms. The van der Waals surface area contributed by atoms with Crippen molar-refractivity contribution in [3.8, 4) is 0 Å². The summed E-state index contributed by atoms with van der Waals surface area (Å²) in [5.41, 5.74) is -5.53. The molecule has 0 amide bonds. The molecule has 13 heavy (non-hydrogen) atoms. The molecule has 0 unspecified atom stereocenters. The predicted octanol–water partition coefficient (Wildman–Crippen LogP) is 1.77. The van der Waals surface area contributed by atoms with Crippen molar-refractivity contribution in [3.05, 3.63) is 0 Å². The van der Waals surface area contributed by atoms with Crippen LogP contribution in [0.3, 0.4) is 0 Å². The maximum Gasteiger partial charge on any atom is 0.522 e. The van der Waals surface area contributed by atoms with Gasteiger partial charge in [0.15, 0.2) is 0 Å². The molecule has 0 bridgehead atoms. The van der Waals surface area contributed by atoms with E-state index in [2.05, 4.69) is 6.92 Å². The van der Waals surface area contributed by atoms with Crippen LogP contribution >= 0.6 is 0 Å². The van der Waals surface area contributed by atoms with Gasteiger partial charge >= 0.3 is 67.0 Å². The zero-order valence-electron chi connectivity index (χ0n) is 7.43. The fourth-order valence-electron chi connectivity index (χ4n) is 0.354. The molecule has 0 aromatic heterocycles. The Morgan fingerprint density at radius 3 is 1.69 bits per heavy atom. The second-order valence-corrected chi connectivity index (χ2v) is 4.69. The summed E-state index contributed by atoms with van der Waals surface area (Å²) in [6.45, 7) is 2.23. The molecule has 0 radical (unpaired) electrons. The largest absolute Gasteiger partial charge is 0.522 e. The molecule has 0 rings (SSSR count). The smallest absolute Gasteiger partial charge is 0.279 e. The second-order valence-electron chi connectivity index (χ2n) is 2.27. The molecule has 0 atom stereocenters. The first-order valence-electron chi connectivity index (χ1n) is 3.70. The minimum Gasteiger partial charge on any atom is -0.279 e. The van der Waals surface area contributed by atoms with Crippen molar-refractivity contribution in [2.75, 3.05) is 0 Å². The zero-order chi connectivity index (χ0) is 11.1. The Bertz CT molecular complexity index is 210. The van der Waals surface area contributed by atoms with E-state index < -0.39 is 15.6 Å². The van der Waals surface area contributed by atoms with E-state index in [1.807, 2.05) is 0 Å². The van der Waals surface area contributed by atoms with Crippen molar-refractivity contribution >= 4 is 38.0 Å². The second kappa shape index (κ2) is 7.05. The maximum absolute atomic E-state index is 10.7. The molecule has 0 aliphatic heterocycles. The Kier molecular flexibility index (Phi) is 8.76. The molecule has 76 valence electrons. The van der Waals surface area contributed by atoms with Gasteiger partial charge in [-0.1, -0.05) is 0 Å². The van der Waals surface area contributed by atoms with Gasteiger partial charge in [-0.05, 0) is 0 Å². The van der Waals surface area contributed by atoms with Gasteiger partial charge in [-0.15, -0.1) is 0 Å². The molecule has 0 aliphatic rings. The first-order valence-corrected chi connectivity index (χ1v) is 6.56. The quantitative estimate of drug-likeness (QED) is 0.447. The van der Waals surface area contributed by atoms with Crippen molar-refractivity contribution in [1.29, 1.82) is 0 Å². The predicted molar refractivity (Wildman–Crippen MR) is 43.1 cm³/mol. The molecule has 0 aromatic rings.